The third-order valence-electron chi connectivity index (χ3n) is 1.13. The molecule has 2 N–H and O–H groups in total. The molecular weight excluding hydrogens is 112 g/mol. The largest absolute Gasteiger partial charge is 0.323 e. The molecule has 0 radical (unpaired) electrons. The molecule has 0 atom stereocenters. The standard InChI is InChI=1S/C7H12N2/c1-4-5-6(2)7(3)9-8/h4-5H,1,8H2,2-3H3/b6-5-,9-7-. The number of hydrazone groups is 1. The third-order valence-corrected chi connectivity index (χ3v) is 1.13. The molecule has 0 aromatic heterocycles. The Morgan fingerprint density at radius 3 is 2.44 bits per heavy atom. The van der Waals surface area contributed by atoms with Crippen LogP contribution in [0.2, 0.25) is 0 Å². The van der Waals surface area contributed by atoms with E-state index in [1.165, 1.54) is 0 Å². The number of hydrogen-bond donors (Lipinski definition) is 1. The molecule has 0 fully saturated rings. The van der Waals surface area contributed by atoms with Gasteiger partial charge in [0, 0.05) is 0 Å². The maximum atomic E-state index is 5.02. The molecular formula is C7H12N2. The predicted octanol–water partition coefficient (Wildman–Crippen LogP) is 1.45. The van der Waals surface area contributed by atoms with Crippen molar-refractivity contribution in [3.05, 3.63) is 24.3 Å². The highest BCUT2D eigenvalue weighted by Crippen LogP contribution is 1.94. The van der Waals surface area contributed by atoms with E-state index in [1.807, 2.05) is 19.9 Å². The van der Waals surface area contributed by atoms with Gasteiger partial charge < -0.3 is 5.84 Å². The second kappa shape index (κ2) is 3.89. The maximum absolute atomic E-state index is 5.02. The van der Waals surface area contributed by atoms with Crippen molar-refractivity contribution in [2.24, 2.45) is 10.9 Å². The highest BCUT2D eigenvalue weighted by molar-refractivity contribution is 5.97. The van der Waals surface area contributed by atoms with E-state index in [9.17, 15) is 0 Å². The molecule has 2 heteroatoms. The van der Waals surface area contributed by atoms with Crippen molar-refractivity contribution in [2.75, 3.05) is 0 Å². The predicted molar refractivity (Wildman–Crippen MR) is 41.3 cm³/mol. The zero-order valence-corrected chi connectivity index (χ0v) is 5.89. The van der Waals surface area contributed by atoms with Gasteiger partial charge in [-0.15, -0.1) is 0 Å². The summed E-state index contributed by atoms with van der Waals surface area (Å²) in [6.45, 7) is 7.34. The minimum Gasteiger partial charge on any atom is -0.323 e. The van der Waals surface area contributed by atoms with Gasteiger partial charge in [-0.1, -0.05) is 18.7 Å². The van der Waals surface area contributed by atoms with Gasteiger partial charge in [0.05, 0.1) is 5.71 Å². The van der Waals surface area contributed by atoms with Crippen molar-refractivity contribution >= 4 is 5.71 Å². The van der Waals surface area contributed by atoms with E-state index in [1.54, 1.807) is 6.08 Å². The van der Waals surface area contributed by atoms with Gasteiger partial charge in [0.25, 0.3) is 0 Å². The first-order chi connectivity index (χ1) is 4.22. The molecule has 50 valence electrons. The van der Waals surface area contributed by atoms with E-state index in [4.69, 9.17) is 5.84 Å². The van der Waals surface area contributed by atoms with Crippen LogP contribution in [0.4, 0.5) is 0 Å². The molecule has 0 aliphatic rings. The van der Waals surface area contributed by atoms with Gasteiger partial charge in [-0.25, -0.2) is 0 Å². The fourth-order valence-electron chi connectivity index (χ4n) is 0.399. The van der Waals surface area contributed by atoms with Crippen LogP contribution in [0.5, 0.6) is 0 Å². The van der Waals surface area contributed by atoms with Crippen LogP contribution >= 0.6 is 0 Å². The lowest BCUT2D eigenvalue weighted by Crippen LogP contribution is -1.96. The fourth-order valence-corrected chi connectivity index (χ4v) is 0.399. The van der Waals surface area contributed by atoms with Crippen LogP contribution in [-0.2, 0) is 0 Å². The van der Waals surface area contributed by atoms with Gasteiger partial charge in [-0.3, -0.25) is 0 Å². The Labute approximate surface area is 55.8 Å². The van der Waals surface area contributed by atoms with Crippen LogP contribution < -0.4 is 5.84 Å². The third kappa shape index (κ3) is 2.69. The smallest absolute Gasteiger partial charge is 0.0598 e. The van der Waals surface area contributed by atoms with E-state index in [2.05, 4.69) is 11.7 Å². The van der Waals surface area contributed by atoms with E-state index < -0.39 is 0 Å². The van der Waals surface area contributed by atoms with Crippen molar-refractivity contribution in [1.29, 1.82) is 0 Å². The molecule has 0 aromatic rings. The molecule has 0 aromatic carbocycles. The second-order valence-electron chi connectivity index (χ2n) is 1.80. The van der Waals surface area contributed by atoms with Crippen LogP contribution in [0, 0.1) is 0 Å². The van der Waals surface area contributed by atoms with Gasteiger partial charge >= 0.3 is 0 Å². The molecule has 0 bridgehead atoms. The normalized spacial score (nSPS) is 13.6. The summed E-state index contributed by atoms with van der Waals surface area (Å²) in [7, 11) is 0. The van der Waals surface area contributed by atoms with Crippen LogP contribution in [0.25, 0.3) is 0 Å². The van der Waals surface area contributed by atoms with Gasteiger partial charge in [0.2, 0.25) is 0 Å². The van der Waals surface area contributed by atoms with Gasteiger partial charge in [0.1, 0.15) is 0 Å². The van der Waals surface area contributed by atoms with E-state index in [-0.39, 0.29) is 0 Å². The molecule has 2 nitrogen and oxygen atoms in total. The first-order valence-electron chi connectivity index (χ1n) is 2.76. The van der Waals surface area contributed by atoms with Crippen molar-refractivity contribution in [3.63, 3.8) is 0 Å². The van der Waals surface area contributed by atoms with Crippen molar-refractivity contribution in [1.82, 2.24) is 0 Å². The summed E-state index contributed by atoms with van der Waals surface area (Å²) in [6, 6.07) is 0. The summed E-state index contributed by atoms with van der Waals surface area (Å²) in [5.74, 6) is 5.02. The monoisotopic (exact) mass is 124 g/mol. The maximum Gasteiger partial charge on any atom is 0.0598 e. The number of rotatable bonds is 2. The molecule has 0 unspecified atom stereocenters. The van der Waals surface area contributed by atoms with Gasteiger partial charge in [0.15, 0.2) is 0 Å². The highest BCUT2D eigenvalue weighted by Gasteiger charge is 1.88. The molecule has 9 heavy (non-hydrogen) atoms. The summed E-state index contributed by atoms with van der Waals surface area (Å²) < 4.78 is 0. The molecule has 0 spiro atoms. The minimum absolute atomic E-state index is 0.842. The lowest BCUT2D eigenvalue weighted by molar-refractivity contribution is 1.23. The Morgan fingerprint density at radius 1 is 1.56 bits per heavy atom. The Balaban J connectivity index is 4.19. The zero-order chi connectivity index (χ0) is 7.28. The second-order valence-corrected chi connectivity index (χ2v) is 1.80. The van der Waals surface area contributed by atoms with Crippen LogP contribution in [0.1, 0.15) is 13.8 Å². The average molecular weight is 124 g/mol. The van der Waals surface area contributed by atoms with E-state index in [0.29, 0.717) is 0 Å². The van der Waals surface area contributed by atoms with Crippen molar-refractivity contribution in [2.45, 2.75) is 13.8 Å². The fraction of sp³-hybridized carbons (Fsp3) is 0.286. The number of allylic oxidation sites excluding steroid dienone is 3. The zero-order valence-electron chi connectivity index (χ0n) is 5.89. The lowest BCUT2D eigenvalue weighted by Gasteiger charge is -1.93. The number of nitrogens with two attached hydrogens (primary N) is 1. The average Bonchev–Trinajstić information content (AvgIpc) is 1.87. The highest BCUT2D eigenvalue weighted by atomic mass is 15.1. The summed E-state index contributed by atoms with van der Waals surface area (Å²) in [6.07, 6.45) is 3.58. The van der Waals surface area contributed by atoms with Crippen LogP contribution in [0.3, 0.4) is 0 Å². The molecule has 0 saturated heterocycles. The Hall–Kier alpha value is -1.05. The minimum atomic E-state index is 0.842. The Kier molecular flexibility index (Phi) is 3.44. The molecule has 0 aliphatic carbocycles. The summed E-state index contributed by atoms with van der Waals surface area (Å²) >= 11 is 0. The Morgan fingerprint density at radius 2 is 2.11 bits per heavy atom. The molecule has 0 saturated carbocycles. The molecule has 0 aliphatic heterocycles. The van der Waals surface area contributed by atoms with E-state index >= 15 is 0 Å². The van der Waals surface area contributed by atoms with Gasteiger partial charge in [-0.2, -0.15) is 5.10 Å². The van der Waals surface area contributed by atoms with Crippen LogP contribution in [0.15, 0.2) is 29.4 Å². The van der Waals surface area contributed by atoms with Crippen molar-refractivity contribution < 1.29 is 0 Å². The Bertz CT molecular complexity index is 154. The first kappa shape index (κ1) is 7.95. The SMILES string of the molecule is C=C/C=C(C)\C(C)=N/N. The topological polar surface area (TPSA) is 38.4 Å². The number of hydrogen-bond acceptors (Lipinski definition) is 2. The van der Waals surface area contributed by atoms with Crippen molar-refractivity contribution in [3.8, 4) is 0 Å². The molecule has 0 heterocycles. The number of nitrogens with zero attached hydrogens (tertiary/aromatic N) is 1. The lowest BCUT2D eigenvalue weighted by atomic mass is 10.2. The molecule has 0 rings (SSSR count). The quantitative estimate of drug-likeness (QED) is 0.257. The van der Waals surface area contributed by atoms with Gasteiger partial charge in [-0.05, 0) is 19.4 Å². The summed E-state index contributed by atoms with van der Waals surface area (Å²) in [5, 5.41) is 3.51. The first-order valence-corrected chi connectivity index (χ1v) is 2.76. The molecule has 0 amide bonds. The van der Waals surface area contributed by atoms with E-state index in [0.717, 1.165) is 11.3 Å². The summed E-state index contributed by atoms with van der Waals surface area (Å²) in [5.41, 5.74) is 1.89. The van der Waals surface area contributed by atoms with Crippen LogP contribution in [-0.4, -0.2) is 5.71 Å². The summed E-state index contributed by atoms with van der Waals surface area (Å²) in [4.78, 5) is 0.